The van der Waals surface area contributed by atoms with E-state index in [2.05, 4.69) is 49.6 Å². The highest BCUT2D eigenvalue weighted by molar-refractivity contribution is 5.95. The normalized spacial score (nSPS) is 23.3. The number of amides is 2. The van der Waals surface area contributed by atoms with Gasteiger partial charge < -0.3 is 24.1 Å². The van der Waals surface area contributed by atoms with E-state index in [9.17, 15) is 14.0 Å². The van der Waals surface area contributed by atoms with E-state index >= 15 is 0 Å². The van der Waals surface area contributed by atoms with E-state index < -0.39 is 11.7 Å². The Kier molecular flexibility index (Phi) is 8.32. The summed E-state index contributed by atoms with van der Waals surface area (Å²) >= 11 is 0. The number of carbonyl (C=O) groups is 2. The van der Waals surface area contributed by atoms with Gasteiger partial charge in [-0.25, -0.2) is 4.39 Å². The second-order valence-electron chi connectivity index (χ2n) is 11.6. The van der Waals surface area contributed by atoms with Gasteiger partial charge in [0.2, 0.25) is 11.5 Å². The van der Waals surface area contributed by atoms with E-state index in [0.29, 0.717) is 11.2 Å². The first-order chi connectivity index (χ1) is 19.9. The van der Waals surface area contributed by atoms with Crippen LogP contribution in [0.1, 0.15) is 47.6 Å². The van der Waals surface area contributed by atoms with E-state index in [4.69, 9.17) is 4.74 Å². The molecule has 1 aliphatic carbocycles. The number of piperazine rings is 1. The molecule has 9 nitrogen and oxygen atoms in total. The van der Waals surface area contributed by atoms with Crippen LogP contribution in [0, 0.1) is 11.7 Å². The number of rotatable bonds is 5. The Labute approximate surface area is 239 Å². The lowest BCUT2D eigenvalue weighted by molar-refractivity contribution is -0.138. The number of aromatic amines is 1. The standard InChI is InChI=1S/C31H39FN6O3/c1-35-12-14-37(15-13-35)30(40)24-5-9-26(10-6-24)38-28-20-22(21-36-16-18-41-19-17-36)2-11-27(28)33-31(38)34-29(39)23-3-7-25(32)8-4-23/h2-4,7-8,11,20,24,26H,5-6,9-10,12-19,21H2,1H3,(H,33,34,39)/t24-,26+. The number of hydrogen-bond donors (Lipinski definition) is 1. The number of carbonyl (C=O) groups excluding carboxylic acids is 2. The van der Waals surface area contributed by atoms with Crippen molar-refractivity contribution in [1.82, 2.24) is 24.3 Å². The number of halogens is 1. The maximum Gasteiger partial charge on any atom is 0.280 e. The quantitative estimate of drug-likeness (QED) is 0.516. The Hall–Kier alpha value is -3.34. The fourth-order valence-corrected chi connectivity index (χ4v) is 6.36. The molecule has 3 heterocycles. The molecular formula is C31H39FN6O3. The van der Waals surface area contributed by atoms with Gasteiger partial charge in [-0.15, -0.1) is 0 Å². The Morgan fingerprint density at radius 3 is 2.37 bits per heavy atom. The summed E-state index contributed by atoms with van der Waals surface area (Å²) in [6.07, 6.45) is 3.30. The van der Waals surface area contributed by atoms with Crippen molar-refractivity contribution < 1.29 is 18.7 Å². The van der Waals surface area contributed by atoms with Gasteiger partial charge in [0.1, 0.15) is 5.82 Å². The van der Waals surface area contributed by atoms with E-state index in [1.54, 1.807) is 0 Å². The molecule has 1 aromatic heterocycles. The van der Waals surface area contributed by atoms with Crippen LogP contribution < -0.4 is 5.62 Å². The molecule has 41 heavy (non-hydrogen) atoms. The molecule has 2 aliphatic heterocycles. The predicted molar refractivity (Wildman–Crippen MR) is 154 cm³/mol. The summed E-state index contributed by atoms with van der Waals surface area (Å²) in [5.74, 6) is -0.487. The number of ether oxygens (including phenoxy) is 1. The lowest BCUT2D eigenvalue weighted by Gasteiger charge is -2.37. The molecule has 1 saturated carbocycles. The summed E-state index contributed by atoms with van der Waals surface area (Å²) < 4.78 is 21.1. The summed E-state index contributed by atoms with van der Waals surface area (Å²) in [4.78, 5) is 41.0. The first kappa shape index (κ1) is 27.8. The zero-order valence-corrected chi connectivity index (χ0v) is 23.7. The average molecular weight is 563 g/mol. The Morgan fingerprint density at radius 2 is 1.66 bits per heavy atom. The van der Waals surface area contributed by atoms with Crippen molar-refractivity contribution >= 4 is 22.8 Å². The SMILES string of the molecule is CN1CCN(C(=O)[C@H]2CC[C@@H](n3/c(=N/C(=O)c4ccc(F)cc4)[nH]c4ccc(CN5CCOCC5)cc43)CC2)CC1. The summed E-state index contributed by atoms with van der Waals surface area (Å²) in [7, 11) is 2.10. The second-order valence-corrected chi connectivity index (χ2v) is 11.6. The number of likely N-dealkylation sites (N-methyl/N-ethyl adjacent to an activating group) is 1. The summed E-state index contributed by atoms with van der Waals surface area (Å²) in [6.45, 7) is 7.58. The molecule has 2 amide bonds. The topological polar surface area (TPSA) is 86.2 Å². The smallest absolute Gasteiger partial charge is 0.280 e. The van der Waals surface area contributed by atoms with Gasteiger partial charge in [-0.05, 0) is 74.7 Å². The zero-order chi connectivity index (χ0) is 28.3. The largest absolute Gasteiger partial charge is 0.379 e. The van der Waals surface area contributed by atoms with E-state index in [-0.39, 0.29) is 17.9 Å². The minimum atomic E-state index is -0.419. The van der Waals surface area contributed by atoms with Gasteiger partial charge >= 0.3 is 0 Å². The fourth-order valence-electron chi connectivity index (χ4n) is 6.36. The summed E-state index contributed by atoms with van der Waals surface area (Å²) in [5.41, 5.74) is 3.95. The lowest BCUT2D eigenvalue weighted by Crippen LogP contribution is -2.49. The highest BCUT2D eigenvalue weighted by atomic mass is 19.1. The molecule has 0 atom stereocenters. The number of aromatic nitrogens is 2. The van der Waals surface area contributed by atoms with Crippen molar-refractivity contribution in [3.63, 3.8) is 0 Å². The number of morpholine rings is 1. The van der Waals surface area contributed by atoms with E-state index in [0.717, 1.165) is 95.7 Å². The first-order valence-corrected chi connectivity index (χ1v) is 14.8. The van der Waals surface area contributed by atoms with Crippen LogP contribution in [0.3, 0.4) is 0 Å². The fraction of sp³-hybridized carbons (Fsp3) is 0.516. The molecule has 2 saturated heterocycles. The minimum absolute atomic E-state index is 0.0404. The molecular weight excluding hydrogens is 523 g/mol. The van der Waals surface area contributed by atoms with Gasteiger partial charge in [-0.3, -0.25) is 14.5 Å². The van der Waals surface area contributed by atoms with Crippen molar-refractivity contribution in [2.24, 2.45) is 10.9 Å². The van der Waals surface area contributed by atoms with Gasteiger partial charge in [0.05, 0.1) is 24.2 Å². The van der Waals surface area contributed by atoms with Crippen LogP contribution in [-0.2, 0) is 16.1 Å². The number of nitrogens with zero attached hydrogens (tertiary/aromatic N) is 5. The van der Waals surface area contributed by atoms with Crippen molar-refractivity contribution in [2.75, 3.05) is 59.5 Å². The zero-order valence-electron chi connectivity index (χ0n) is 23.7. The molecule has 3 aliphatic rings. The Morgan fingerprint density at radius 1 is 0.951 bits per heavy atom. The lowest BCUT2D eigenvalue weighted by atomic mass is 9.84. The molecule has 0 radical (unpaired) electrons. The minimum Gasteiger partial charge on any atom is -0.379 e. The number of imidazole rings is 1. The molecule has 0 spiro atoms. The molecule has 3 fully saturated rings. The molecule has 6 rings (SSSR count). The summed E-state index contributed by atoms with van der Waals surface area (Å²) in [5, 5.41) is 0. The maximum absolute atomic E-state index is 13.5. The van der Waals surface area contributed by atoms with Crippen LogP contribution in [0.4, 0.5) is 4.39 Å². The predicted octanol–water partition coefficient (Wildman–Crippen LogP) is 3.19. The van der Waals surface area contributed by atoms with Crippen LogP contribution in [0.25, 0.3) is 11.0 Å². The van der Waals surface area contributed by atoms with E-state index in [1.165, 1.54) is 29.8 Å². The molecule has 10 heteroatoms. The van der Waals surface area contributed by atoms with Crippen molar-refractivity contribution in [3.8, 4) is 0 Å². The molecule has 0 bridgehead atoms. The molecule has 218 valence electrons. The van der Waals surface area contributed by atoms with E-state index in [1.807, 2.05) is 4.90 Å². The first-order valence-electron chi connectivity index (χ1n) is 14.8. The van der Waals surface area contributed by atoms with Crippen LogP contribution >= 0.6 is 0 Å². The number of hydrogen-bond acceptors (Lipinski definition) is 5. The van der Waals surface area contributed by atoms with Crippen molar-refractivity contribution in [1.29, 1.82) is 0 Å². The Balaban J connectivity index is 1.28. The van der Waals surface area contributed by atoms with Gasteiger partial charge in [0, 0.05) is 63.3 Å². The summed E-state index contributed by atoms with van der Waals surface area (Å²) in [6, 6.07) is 12.0. The van der Waals surface area contributed by atoms with Gasteiger partial charge in [-0.2, -0.15) is 4.99 Å². The third-order valence-electron chi connectivity index (χ3n) is 8.83. The van der Waals surface area contributed by atoms with Crippen LogP contribution in [0.15, 0.2) is 47.5 Å². The van der Waals surface area contributed by atoms with Gasteiger partial charge in [0.25, 0.3) is 5.91 Å². The van der Waals surface area contributed by atoms with Crippen LogP contribution in [0.5, 0.6) is 0 Å². The molecule has 2 aromatic carbocycles. The maximum atomic E-state index is 13.5. The number of fused-ring (bicyclic) bond motifs is 1. The van der Waals surface area contributed by atoms with Crippen molar-refractivity contribution in [3.05, 3.63) is 65.0 Å². The monoisotopic (exact) mass is 562 g/mol. The van der Waals surface area contributed by atoms with Gasteiger partial charge in [0.15, 0.2) is 0 Å². The average Bonchev–Trinajstić information content (AvgIpc) is 3.35. The molecule has 3 aromatic rings. The number of nitrogens with one attached hydrogen (secondary N) is 1. The second kappa shape index (κ2) is 12.3. The number of H-pyrrole nitrogens is 1. The Bertz CT molecular complexity index is 1440. The van der Waals surface area contributed by atoms with Crippen molar-refractivity contribution in [2.45, 2.75) is 38.3 Å². The third kappa shape index (κ3) is 6.29. The number of benzene rings is 2. The molecule has 0 unspecified atom stereocenters. The highest BCUT2D eigenvalue weighted by Crippen LogP contribution is 2.34. The highest BCUT2D eigenvalue weighted by Gasteiger charge is 2.32. The van der Waals surface area contributed by atoms with Gasteiger partial charge in [-0.1, -0.05) is 6.07 Å². The third-order valence-corrected chi connectivity index (χ3v) is 8.83. The molecule has 1 N–H and O–H groups in total. The van der Waals surface area contributed by atoms with Crippen LogP contribution in [-0.4, -0.2) is 95.6 Å². The van der Waals surface area contributed by atoms with Crippen LogP contribution in [0.2, 0.25) is 0 Å².